The highest BCUT2D eigenvalue weighted by Gasteiger charge is 2.47. The number of rotatable bonds is 1. The zero-order chi connectivity index (χ0) is 11.0. The number of hydrogen-bond acceptors (Lipinski definition) is 4. The Morgan fingerprint density at radius 3 is 2.81 bits per heavy atom. The summed E-state index contributed by atoms with van der Waals surface area (Å²) >= 11 is 0. The second-order valence-corrected chi connectivity index (χ2v) is 5.36. The first-order valence-electron chi connectivity index (χ1n) is 6.49. The normalized spacial score (nSPS) is 36.0. The van der Waals surface area contributed by atoms with Crippen molar-refractivity contribution < 1.29 is 4.74 Å². The molecule has 3 aliphatic rings. The van der Waals surface area contributed by atoms with E-state index in [1.807, 2.05) is 0 Å². The van der Waals surface area contributed by atoms with E-state index < -0.39 is 0 Å². The molecule has 4 heteroatoms. The van der Waals surface area contributed by atoms with Crippen molar-refractivity contribution in [3.05, 3.63) is 0 Å². The number of hydrogen-bond donors (Lipinski definition) is 1. The molecule has 0 aromatic carbocycles. The van der Waals surface area contributed by atoms with Crippen molar-refractivity contribution in [3.8, 4) is 0 Å². The third kappa shape index (κ3) is 1.51. The Balaban J connectivity index is 1.82. The van der Waals surface area contributed by atoms with Crippen molar-refractivity contribution in [2.45, 2.75) is 50.1 Å². The Hall–Kier alpha value is -0.770. The van der Waals surface area contributed by atoms with Crippen LogP contribution in [-0.2, 0) is 4.74 Å². The fourth-order valence-corrected chi connectivity index (χ4v) is 3.51. The molecule has 1 saturated heterocycles. The van der Waals surface area contributed by atoms with Gasteiger partial charge in [0.15, 0.2) is 5.96 Å². The van der Waals surface area contributed by atoms with Crippen LogP contribution in [0, 0.1) is 0 Å². The smallest absolute Gasteiger partial charge is 0.192 e. The van der Waals surface area contributed by atoms with E-state index in [0.717, 1.165) is 32.1 Å². The van der Waals surface area contributed by atoms with E-state index in [2.05, 4.69) is 9.89 Å². The van der Waals surface area contributed by atoms with Gasteiger partial charge in [-0.1, -0.05) is 12.8 Å². The number of nitrogens with zero attached hydrogens (tertiary/aromatic N) is 2. The first-order valence-corrected chi connectivity index (χ1v) is 6.49. The molecule has 1 aliphatic carbocycles. The Morgan fingerprint density at radius 2 is 2.12 bits per heavy atom. The van der Waals surface area contributed by atoms with Gasteiger partial charge in [-0.15, -0.1) is 0 Å². The average Bonchev–Trinajstić information content (AvgIpc) is 2.90. The zero-order valence-corrected chi connectivity index (χ0v) is 9.82. The van der Waals surface area contributed by atoms with Gasteiger partial charge in [0.25, 0.3) is 0 Å². The summed E-state index contributed by atoms with van der Waals surface area (Å²) in [5.74, 6) is 0.761. The monoisotopic (exact) mass is 223 g/mol. The molecule has 2 N–H and O–H groups in total. The lowest BCUT2D eigenvalue weighted by Crippen LogP contribution is -2.59. The van der Waals surface area contributed by atoms with Crippen LogP contribution in [0.15, 0.2) is 4.99 Å². The van der Waals surface area contributed by atoms with Gasteiger partial charge in [-0.25, -0.2) is 0 Å². The van der Waals surface area contributed by atoms with E-state index in [9.17, 15) is 0 Å². The van der Waals surface area contributed by atoms with Crippen molar-refractivity contribution in [1.82, 2.24) is 4.90 Å². The summed E-state index contributed by atoms with van der Waals surface area (Å²) in [6.07, 6.45) is 7.56. The number of ether oxygens (including phenoxy) is 1. The fraction of sp³-hybridized carbons (Fsp3) is 0.917. The zero-order valence-electron chi connectivity index (χ0n) is 9.82. The molecule has 2 fully saturated rings. The quantitative estimate of drug-likeness (QED) is 0.724. The molecular weight excluding hydrogens is 202 g/mol. The van der Waals surface area contributed by atoms with E-state index in [0.29, 0.717) is 6.04 Å². The summed E-state index contributed by atoms with van der Waals surface area (Å²) in [5, 5.41) is 0. The van der Waals surface area contributed by atoms with E-state index in [1.165, 1.54) is 32.1 Å². The summed E-state index contributed by atoms with van der Waals surface area (Å²) in [7, 11) is 0. The highest BCUT2D eigenvalue weighted by atomic mass is 16.5. The summed E-state index contributed by atoms with van der Waals surface area (Å²) in [5.41, 5.74) is 6.19. The third-order valence-electron chi connectivity index (χ3n) is 4.28. The Labute approximate surface area is 96.8 Å². The second kappa shape index (κ2) is 3.91. The molecule has 0 aromatic heterocycles. The van der Waals surface area contributed by atoms with Crippen molar-refractivity contribution in [2.24, 2.45) is 10.7 Å². The van der Waals surface area contributed by atoms with Gasteiger partial charge in [0, 0.05) is 12.6 Å². The molecule has 2 heterocycles. The van der Waals surface area contributed by atoms with Gasteiger partial charge in [-0.2, -0.15) is 0 Å². The van der Waals surface area contributed by atoms with Gasteiger partial charge in [0.05, 0.1) is 18.7 Å². The Bertz CT molecular complexity index is 291. The van der Waals surface area contributed by atoms with E-state index >= 15 is 0 Å². The molecule has 1 spiro atoms. The summed E-state index contributed by atoms with van der Waals surface area (Å²) in [4.78, 5) is 6.88. The van der Waals surface area contributed by atoms with Crippen LogP contribution in [0.2, 0.25) is 0 Å². The maximum atomic E-state index is 6.08. The minimum absolute atomic E-state index is 0.108. The predicted octanol–water partition coefficient (Wildman–Crippen LogP) is 1.11. The van der Waals surface area contributed by atoms with Gasteiger partial charge in [0.2, 0.25) is 0 Å². The van der Waals surface area contributed by atoms with Crippen LogP contribution in [-0.4, -0.2) is 42.2 Å². The SMILES string of the molecule is NC1=NCC2(CCCOC2)N1C1CCCC1. The average molecular weight is 223 g/mol. The lowest BCUT2D eigenvalue weighted by atomic mass is 9.90. The molecule has 0 aromatic rings. The molecular formula is C12H21N3O. The molecule has 90 valence electrons. The maximum absolute atomic E-state index is 6.08. The number of nitrogens with two attached hydrogens (primary N) is 1. The number of aliphatic imine (C=N–C) groups is 1. The largest absolute Gasteiger partial charge is 0.379 e. The molecule has 0 radical (unpaired) electrons. The van der Waals surface area contributed by atoms with Gasteiger partial charge in [-0.05, 0) is 25.7 Å². The van der Waals surface area contributed by atoms with Crippen molar-refractivity contribution >= 4 is 5.96 Å². The van der Waals surface area contributed by atoms with Crippen LogP contribution in [0.1, 0.15) is 38.5 Å². The van der Waals surface area contributed by atoms with Gasteiger partial charge in [-0.3, -0.25) is 4.99 Å². The molecule has 1 saturated carbocycles. The summed E-state index contributed by atoms with van der Waals surface area (Å²) < 4.78 is 5.67. The molecule has 1 unspecified atom stereocenters. The van der Waals surface area contributed by atoms with Gasteiger partial charge >= 0.3 is 0 Å². The molecule has 0 bridgehead atoms. The van der Waals surface area contributed by atoms with E-state index in [-0.39, 0.29) is 5.54 Å². The fourth-order valence-electron chi connectivity index (χ4n) is 3.51. The van der Waals surface area contributed by atoms with E-state index in [1.54, 1.807) is 0 Å². The Kier molecular flexibility index (Phi) is 2.54. The standard InChI is InChI=1S/C12H21N3O/c13-11-14-8-12(6-3-7-16-9-12)15(11)10-4-1-2-5-10/h10H,1-9H2,(H2,13,14). The first-order chi connectivity index (χ1) is 7.82. The first kappa shape index (κ1) is 10.4. The molecule has 2 aliphatic heterocycles. The summed E-state index contributed by atoms with van der Waals surface area (Å²) in [6, 6.07) is 0.618. The van der Waals surface area contributed by atoms with Gasteiger partial charge in [0.1, 0.15) is 0 Å². The lowest BCUT2D eigenvalue weighted by molar-refractivity contribution is -0.0215. The van der Waals surface area contributed by atoms with Crippen LogP contribution in [0.3, 0.4) is 0 Å². The molecule has 1 atom stereocenters. The van der Waals surface area contributed by atoms with Crippen LogP contribution in [0.25, 0.3) is 0 Å². The van der Waals surface area contributed by atoms with Crippen LogP contribution < -0.4 is 5.73 Å². The molecule has 4 nitrogen and oxygen atoms in total. The lowest BCUT2D eigenvalue weighted by Gasteiger charge is -2.44. The highest BCUT2D eigenvalue weighted by molar-refractivity contribution is 5.81. The van der Waals surface area contributed by atoms with Crippen molar-refractivity contribution in [3.63, 3.8) is 0 Å². The number of guanidine groups is 1. The third-order valence-corrected chi connectivity index (χ3v) is 4.28. The molecule has 3 rings (SSSR count). The predicted molar refractivity (Wildman–Crippen MR) is 63.4 cm³/mol. The minimum atomic E-state index is 0.108. The van der Waals surface area contributed by atoms with Gasteiger partial charge < -0.3 is 15.4 Å². The van der Waals surface area contributed by atoms with Crippen LogP contribution in [0.4, 0.5) is 0 Å². The van der Waals surface area contributed by atoms with E-state index in [4.69, 9.17) is 10.5 Å². The minimum Gasteiger partial charge on any atom is -0.379 e. The highest BCUT2D eigenvalue weighted by Crippen LogP contribution is 2.36. The van der Waals surface area contributed by atoms with Crippen molar-refractivity contribution in [1.29, 1.82) is 0 Å². The maximum Gasteiger partial charge on any atom is 0.192 e. The Morgan fingerprint density at radius 1 is 1.31 bits per heavy atom. The second-order valence-electron chi connectivity index (χ2n) is 5.36. The molecule has 16 heavy (non-hydrogen) atoms. The van der Waals surface area contributed by atoms with Crippen LogP contribution in [0.5, 0.6) is 0 Å². The van der Waals surface area contributed by atoms with Crippen molar-refractivity contribution in [2.75, 3.05) is 19.8 Å². The van der Waals surface area contributed by atoms with Crippen LogP contribution >= 0.6 is 0 Å². The topological polar surface area (TPSA) is 50.9 Å². The summed E-state index contributed by atoms with van der Waals surface area (Å²) in [6.45, 7) is 2.56. The molecule has 0 amide bonds.